The van der Waals surface area contributed by atoms with Crippen molar-refractivity contribution < 1.29 is 9.59 Å². The number of piperazine rings is 1. The first kappa shape index (κ1) is 18.5. The van der Waals surface area contributed by atoms with Crippen LogP contribution in [0.3, 0.4) is 0 Å². The second-order valence-electron chi connectivity index (χ2n) is 8.59. The predicted octanol–water partition coefficient (Wildman–Crippen LogP) is 1.15. The maximum Gasteiger partial charge on any atom is 0.237 e. The average molecular weight is 397 g/mol. The zero-order chi connectivity index (χ0) is 20.0. The van der Waals surface area contributed by atoms with E-state index in [-0.39, 0.29) is 11.8 Å². The Morgan fingerprint density at radius 3 is 2.55 bits per heavy atom. The van der Waals surface area contributed by atoms with Gasteiger partial charge in [-0.05, 0) is 12.8 Å². The number of aryl methyl sites for hydroxylation is 1. The van der Waals surface area contributed by atoms with Gasteiger partial charge in [-0.25, -0.2) is 9.97 Å². The van der Waals surface area contributed by atoms with E-state index in [1.807, 2.05) is 13.2 Å². The molecule has 1 saturated carbocycles. The van der Waals surface area contributed by atoms with Gasteiger partial charge in [-0.1, -0.05) is 19.3 Å². The summed E-state index contributed by atoms with van der Waals surface area (Å²) in [6, 6.07) is 0. The highest BCUT2D eigenvalue weighted by molar-refractivity contribution is 6.05. The Balaban J connectivity index is 1.24. The van der Waals surface area contributed by atoms with Crippen LogP contribution in [-0.4, -0.2) is 74.2 Å². The van der Waals surface area contributed by atoms with E-state index in [1.165, 1.54) is 11.3 Å². The predicted molar refractivity (Wildman–Crippen MR) is 107 cm³/mol. The van der Waals surface area contributed by atoms with Crippen LogP contribution in [0.25, 0.3) is 11.0 Å². The van der Waals surface area contributed by atoms with E-state index >= 15 is 0 Å². The number of hydrogen-bond donors (Lipinski definition) is 0. The highest BCUT2D eigenvalue weighted by atomic mass is 16.2. The molecule has 9 heteroatoms. The van der Waals surface area contributed by atoms with E-state index in [4.69, 9.17) is 0 Å². The molecule has 2 amide bonds. The minimum atomic E-state index is -0.399. The first-order chi connectivity index (χ1) is 14.1. The molecular formula is C20H27N7O2. The van der Waals surface area contributed by atoms with Crippen molar-refractivity contribution in [3.05, 3.63) is 12.5 Å². The van der Waals surface area contributed by atoms with E-state index in [2.05, 4.69) is 24.9 Å². The first-order valence-electron chi connectivity index (χ1n) is 10.5. The lowest BCUT2D eigenvalue weighted by Crippen LogP contribution is -2.52. The van der Waals surface area contributed by atoms with Gasteiger partial charge in [0.15, 0.2) is 5.65 Å². The number of rotatable bonds is 3. The molecule has 2 aliphatic heterocycles. The Bertz CT molecular complexity index is 941. The van der Waals surface area contributed by atoms with Gasteiger partial charge in [0.25, 0.3) is 0 Å². The van der Waals surface area contributed by atoms with Crippen LogP contribution < -0.4 is 4.90 Å². The maximum absolute atomic E-state index is 13.0. The van der Waals surface area contributed by atoms with Crippen molar-refractivity contribution in [3.8, 4) is 0 Å². The largest absolute Gasteiger partial charge is 0.353 e. The molecule has 0 N–H and O–H groups in total. The molecule has 4 heterocycles. The Morgan fingerprint density at radius 2 is 1.79 bits per heavy atom. The third-order valence-corrected chi connectivity index (χ3v) is 6.82. The SMILES string of the molecule is Cn1ncc2c(N3CCN(CN4C(=O)CC5(CCCCC5)C4=O)CC3)ncnc21. The number of likely N-dealkylation sites (tertiary alicyclic amines) is 1. The normalized spacial score (nSPS) is 22.9. The van der Waals surface area contributed by atoms with E-state index in [0.717, 1.165) is 68.7 Å². The topological polar surface area (TPSA) is 87.5 Å². The minimum Gasteiger partial charge on any atom is -0.353 e. The van der Waals surface area contributed by atoms with Gasteiger partial charge in [-0.2, -0.15) is 5.10 Å². The van der Waals surface area contributed by atoms with Gasteiger partial charge < -0.3 is 4.90 Å². The molecule has 1 aliphatic carbocycles. The van der Waals surface area contributed by atoms with Crippen molar-refractivity contribution in [2.45, 2.75) is 38.5 Å². The van der Waals surface area contributed by atoms with Crippen molar-refractivity contribution in [3.63, 3.8) is 0 Å². The van der Waals surface area contributed by atoms with Crippen molar-refractivity contribution in [1.29, 1.82) is 0 Å². The van der Waals surface area contributed by atoms with Crippen LogP contribution in [0.15, 0.2) is 12.5 Å². The summed E-state index contributed by atoms with van der Waals surface area (Å²) in [7, 11) is 1.88. The third-order valence-electron chi connectivity index (χ3n) is 6.82. The lowest BCUT2D eigenvalue weighted by molar-refractivity contribution is -0.144. The van der Waals surface area contributed by atoms with E-state index in [0.29, 0.717) is 13.1 Å². The Kier molecular flexibility index (Phi) is 4.49. The fraction of sp³-hybridized carbons (Fsp3) is 0.650. The van der Waals surface area contributed by atoms with Crippen molar-refractivity contribution in [2.24, 2.45) is 12.5 Å². The molecule has 3 fully saturated rings. The number of anilines is 1. The summed E-state index contributed by atoms with van der Waals surface area (Å²) >= 11 is 0. The second-order valence-corrected chi connectivity index (χ2v) is 8.59. The fourth-order valence-electron chi connectivity index (χ4n) is 5.13. The molecule has 2 aromatic rings. The molecule has 3 aliphatic rings. The van der Waals surface area contributed by atoms with Crippen LogP contribution in [-0.2, 0) is 16.6 Å². The summed E-state index contributed by atoms with van der Waals surface area (Å²) in [5, 5.41) is 5.24. The van der Waals surface area contributed by atoms with Crippen molar-refractivity contribution in [2.75, 3.05) is 37.7 Å². The molecular weight excluding hydrogens is 370 g/mol. The summed E-state index contributed by atoms with van der Waals surface area (Å²) < 4.78 is 1.75. The number of hydrogen-bond acceptors (Lipinski definition) is 7. The van der Waals surface area contributed by atoms with Gasteiger partial charge in [0.1, 0.15) is 12.1 Å². The van der Waals surface area contributed by atoms with Crippen LogP contribution in [0.4, 0.5) is 5.82 Å². The van der Waals surface area contributed by atoms with Crippen LogP contribution >= 0.6 is 0 Å². The zero-order valence-electron chi connectivity index (χ0n) is 16.9. The van der Waals surface area contributed by atoms with Crippen LogP contribution in [0, 0.1) is 5.41 Å². The highest BCUT2D eigenvalue weighted by Gasteiger charge is 2.51. The molecule has 5 rings (SSSR count). The lowest BCUT2D eigenvalue weighted by Gasteiger charge is -2.37. The molecule has 1 spiro atoms. The van der Waals surface area contributed by atoms with E-state index in [9.17, 15) is 9.59 Å². The van der Waals surface area contributed by atoms with E-state index < -0.39 is 5.41 Å². The molecule has 2 aromatic heterocycles. The standard InChI is InChI=1S/C20H27N7O2/c1-24-17-15(12-23-24)18(22-13-21-17)26-9-7-25(8-10-26)14-27-16(28)11-20(19(27)29)5-3-2-4-6-20/h12-13H,2-11,14H2,1H3. The number of carbonyl (C=O) groups excluding carboxylic acids is 2. The van der Waals surface area contributed by atoms with Gasteiger partial charge in [-0.3, -0.25) is 24.1 Å². The minimum absolute atomic E-state index is 0.00667. The zero-order valence-corrected chi connectivity index (χ0v) is 16.9. The van der Waals surface area contributed by atoms with Crippen molar-refractivity contribution >= 4 is 28.7 Å². The summed E-state index contributed by atoms with van der Waals surface area (Å²) in [5.41, 5.74) is 0.424. The molecule has 0 aromatic carbocycles. The number of nitrogens with zero attached hydrogens (tertiary/aromatic N) is 7. The number of aromatic nitrogens is 4. The van der Waals surface area contributed by atoms with Gasteiger partial charge in [0.2, 0.25) is 11.8 Å². The molecule has 9 nitrogen and oxygen atoms in total. The first-order valence-corrected chi connectivity index (χ1v) is 10.5. The van der Waals surface area contributed by atoms with Gasteiger partial charge in [-0.15, -0.1) is 0 Å². The molecule has 2 saturated heterocycles. The summed E-state index contributed by atoms with van der Waals surface area (Å²) in [6.07, 6.45) is 8.84. The lowest BCUT2D eigenvalue weighted by atomic mass is 9.73. The molecule has 29 heavy (non-hydrogen) atoms. The van der Waals surface area contributed by atoms with E-state index in [1.54, 1.807) is 11.0 Å². The van der Waals surface area contributed by atoms with Gasteiger partial charge >= 0.3 is 0 Å². The molecule has 0 radical (unpaired) electrons. The second kappa shape index (κ2) is 7.05. The van der Waals surface area contributed by atoms with Crippen molar-refractivity contribution in [1.82, 2.24) is 29.5 Å². The number of carbonyl (C=O) groups is 2. The summed E-state index contributed by atoms with van der Waals surface area (Å²) in [6.45, 7) is 3.58. The molecule has 0 atom stereocenters. The molecule has 0 bridgehead atoms. The van der Waals surface area contributed by atoms with Crippen LogP contribution in [0.5, 0.6) is 0 Å². The fourth-order valence-corrected chi connectivity index (χ4v) is 5.13. The Morgan fingerprint density at radius 1 is 1.03 bits per heavy atom. The monoisotopic (exact) mass is 397 g/mol. The molecule has 154 valence electrons. The number of fused-ring (bicyclic) bond motifs is 1. The smallest absolute Gasteiger partial charge is 0.237 e. The summed E-state index contributed by atoms with van der Waals surface area (Å²) in [5.74, 6) is 0.974. The quantitative estimate of drug-likeness (QED) is 0.718. The Labute approximate surface area is 169 Å². The third kappa shape index (κ3) is 3.08. The highest BCUT2D eigenvalue weighted by Crippen LogP contribution is 2.45. The average Bonchev–Trinajstić information content (AvgIpc) is 3.22. The summed E-state index contributed by atoms with van der Waals surface area (Å²) in [4.78, 5) is 40.4. The number of imide groups is 1. The molecule has 0 unspecified atom stereocenters. The maximum atomic E-state index is 13.0. The Hall–Kier alpha value is -2.55. The number of amides is 2. The van der Waals surface area contributed by atoms with Gasteiger partial charge in [0.05, 0.1) is 23.7 Å². The van der Waals surface area contributed by atoms with Crippen LogP contribution in [0.1, 0.15) is 38.5 Å². The van der Waals surface area contributed by atoms with Gasteiger partial charge in [0, 0.05) is 39.6 Å². The van der Waals surface area contributed by atoms with Crippen LogP contribution in [0.2, 0.25) is 0 Å².